The van der Waals surface area contributed by atoms with Gasteiger partial charge in [-0.15, -0.1) is 0 Å². The lowest BCUT2D eigenvalue weighted by atomic mass is 9.96. The number of hydrogen-bond donors (Lipinski definition) is 2. The van der Waals surface area contributed by atoms with Crippen LogP contribution in [0.1, 0.15) is 46.0 Å². The zero-order chi connectivity index (χ0) is 13.1. The van der Waals surface area contributed by atoms with Gasteiger partial charge in [0, 0.05) is 18.6 Å². The molecule has 4 atom stereocenters. The third-order valence-corrected chi connectivity index (χ3v) is 4.74. The number of carbonyl (C=O) groups excluding carboxylic acids is 1. The Morgan fingerprint density at radius 3 is 2.89 bits per heavy atom. The van der Waals surface area contributed by atoms with Crippen molar-refractivity contribution in [1.29, 1.82) is 0 Å². The molecule has 2 saturated heterocycles. The molecule has 2 heterocycles. The zero-order valence-corrected chi connectivity index (χ0v) is 11.7. The maximum Gasteiger partial charge on any atom is 0.237 e. The molecule has 2 aliphatic rings. The minimum Gasteiger partial charge on any atom is -0.350 e. The van der Waals surface area contributed by atoms with Crippen LogP contribution in [-0.2, 0) is 4.79 Å². The third kappa shape index (κ3) is 2.86. The molecule has 0 aromatic rings. The van der Waals surface area contributed by atoms with Crippen molar-refractivity contribution in [1.82, 2.24) is 10.2 Å². The fourth-order valence-corrected chi connectivity index (χ4v) is 3.21. The molecule has 0 spiro atoms. The molecule has 1 amide bonds. The first kappa shape index (κ1) is 13.8. The molecule has 3 N–H and O–H groups in total. The van der Waals surface area contributed by atoms with E-state index < -0.39 is 0 Å². The fraction of sp³-hybridized carbons (Fsp3) is 0.929. The van der Waals surface area contributed by atoms with Crippen LogP contribution in [0.2, 0.25) is 0 Å². The van der Waals surface area contributed by atoms with E-state index in [-0.39, 0.29) is 17.9 Å². The summed E-state index contributed by atoms with van der Waals surface area (Å²) in [6.45, 7) is 6.46. The molecule has 104 valence electrons. The van der Waals surface area contributed by atoms with Crippen molar-refractivity contribution < 1.29 is 4.79 Å². The van der Waals surface area contributed by atoms with Crippen LogP contribution in [0.3, 0.4) is 0 Å². The number of nitrogens with zero attached hydrogens (tertiary/aromatic N) is 1. The van der Waals surface area contributed by atoms with E-state index in [1.165, 1.54) is 25.8 Å². The van der Waals surface area contributed by atoms with Crippen molar-refractivity contribution in [2.75, 3.05) is 13.1 Å². The van der Waals surface area contributed by atoms with E-state index >= 15 is 0 Å². The van der Waals surface area contributed by atoms with E-state index in [2.05, 4.69) is 17.1 Å². The van der Waals surface area contributed by atoms with Gasteiger partial charge in [-0.3, -0.25) is 9.69 Å². The molecule has 18 heavy (non-hydrogen) atoms. The molecule has 2 rings (SSSR count). The molecule has 4 unspecified atom stereocenters. The van der Waals surface area contributed by atoms with Gasteiger partial charge in [0.05, 0.1) is 6.04 Å². The van der Waals surface area contributed by atoms with Crippen LogP contribution in [-0.4, -0.2) is 42.0 Å². The monoisotopic (exact) mass is 253 g/mol. The van der Waals surface area contributed by atoms with Crippen molar-refractivity contribution in [3.8, 4) is 0 Å². The molecule has 2 fully saturated rings. The third-order valence-electron chi connectivity index (χ3n) is 4.74. The van der Waals surface area contributed by atoms with Crippen LogP contribution in [0.4, 0.5) is 0 Å². The van der Waals surface area contributed by atoms with Crippen LogP contribution in [0.5, 0.6) is 0 Å². The predicted octanol–water partition coefficient (Wildman–Crippen LogP) is 1.10. The molecule has 4 heteroatoms. The summed E-state index contributed by atoms with van der Waals surface area (Å²) >= 11 is 0. The van der Waals surface area contributed by atoms with Crippen molar-refractivity contribution in [3.63, 3.8) is 0 Å². The highest BCUT2D eigenvalue weighted by Gasteiger charge is 2.37. The van der Waals surface area contributed by atoms with Gasteiger partial charge in [0.25, 0.3) is 0 Å². The topological polar surface area (TPSA) is 58.4 Å². The molecule has 0 aromatic carbocycles. The summed E-state index contributed by atoms with van der Waals surface area (Å²) in [5.74, 6) is 0.302. The first-order valence-corrected chi connectivity index (χ1v) is 7.43. The van der Waals surface area contributed by atoms with Gasteiger partial charge in [0.2, 0.25) is 5.91 Å². The van der Waals surface area contributed by atoms with Crippen LogP contribution >= 0.6 is 0 Å². The molecule has 0 aliphatic carbocycles. The molecule has 0 radical (unpaired) electrons. The van der Waals surface area contributed by atoms with Gasteiger partial charge in [0.15, 0.2) is 0 Å². The van der Waals surface area contributed by atoms with Crippen LogP contribution in [0.15, 0.2) is 0 Å². The first-order chi connectivity index (χ1) is 8.63. The minimum atomic E-state index is -0.354. The van der Waals surface area contributed by atoms with Gasteiger partial charge in [-0.2, -0.15) is 0 Å². The summed E-state index contributed by atoms with van der Waals surface area (Å²) in [4.78, 5) is 14.7. The second kappa shape index (κ2) is 6.02. The average Bonchev–Trinajstić information content (AvgIpc) is 2.80. The Morgan fingerprint density at radius 1 is 1.39 bits per heavy atom. The standard InChI is InChI=1S/C14H27N3O/c1-3-10(2)13(15)14(18)16-11-7-9-17-8-5-4-6-12(11)17/h10-13H,3-9,15H2,1-2H3,(H,16,18). The summed E-state index contributed by atoms with van der Waals surface area (Å²) in [5.41, 5.74) is 5.99. The second-order valence-electron chi connectivity index (χ2n) is 5.91. The largest absolute Gasteiger partial charge is 0.350 e. The summed E-state index contributed by atoms with van der Waals surface area (Å²) in [6, 6.07) is 0.535. The zero-order valence-electron chi connectivity index (χ0n) is 11.7. The molecule has 0 bridgehead atoms. The lowest BCUT2D eigenvalue weighted by molar-refractivity contribution is -0.124. The van der Waals surface area contributed by atoms with Gasteiger partial charge >= 0.3 is 0 Å². The maximum atomic E-state index is 12.1. The molecule has 4 nitrogen and oxygen atoms in total. The predicted molar refractivity (Wildman–Crippen MR) is 73.2 cm³/mol. The second-order valence-corrected chi connectivity index (χ2v) is 5.91. The van der Waals surface area contributed by atoms with E-state index in [4.69, 9.17) is 5.73 Å². The lowest BCUT2D eigenvalue weighted by Gasteiger charge is -2.33. The van der Waals surface area contributed by atoms with Gasteiger partial charge in [-0.25, -0.2) is 0 Å². The van der Waals surface area contributed by atoms with Gasteiger partial charge in [0.1, 0.15) is 0 Å². The Hall–Kier alpha value is -0.610. The number of rotatable bonds is 4. The van der Waals surface area contributed by atoms with Crippen LogP contribution < -0.4 is 11.1 Å². The highest BCUT2D eigenvalue weighted by atomic mass is 16.2. The van der Waals surface area contributed by atoms with Crippen molar-refractivity contribution >= 4 is 5.91 Å². The number of carbonyl (C=O) groups is 1. The SMILES string of the molecule is CCC(C)C(N)C(=O)NC1CCN2CCCCC12. The van der Waals surface area contributed by atoms with Crippen molar-refractivity contribution in [2.24, 2.45) is 11.7 Å². The number of nitrogens with one attached hydrogen (secondary N) is 1. The van der Waals surface area contributed by atoms with Crippen LogP contribution in [0, 0.1) is 5.92 Å². The summed E-state index contributed by atoms with van der Waals surface area (Å²) in [6.07, 6.45) is 5.87. The highest BCUT2D eigenvalue weighted by molar-refractivity contribution is 5.82. The van der Waals surface area contributed by atoms with Gasteiger partial charge in [-0.05, 0) is 31.7 Å². The lowest BCUT2D eigenvalue weighted by Crippen LogP contribution is -2.52. The van der Waals surface area contributed by atoms with E-state index in [9.17, 15) is 4.79 Å². The van der Waals surface area contributed by atoms with E-state index in [1.807, 2.05) is 6.92 Å². The molecule has 2 aliphatic heterocycles. The van der Waals surface area contributed by atoms with Crippen molar-refractivity contribution in [3.05, 3.63) is 0 Å². The molecular weight excluding hydrogens is 226 g/mol. The molecule has 0 aromatic heterocycles. The number of hydrogen-bond acceptors (Lipinski definition) is 3. The summed E-state index contributed by atoms with van der Waals surface area (Å²) < 4.78 is 0. The molecule has 0 saturated carbocycles. The highest BCUT2D eigenvalue weighted by Crippen LogP contribution is 2.27. The Labute approximate surface area is 110 Å². The maximum absolute atomic E-state index is 12.1. The summed E-state index contributed by atoms with van der Waals surface area (Å²) in [5, 5.41) is 3.19. The smallest absolute Gasteiger partial charge is 0.237 e. The quantitative estimate of drug-likeness (QED) is 0.789. The average molecular weight is 253 g/mol. The normalized spacial score (nSPS) is 31.7. The summed E-state index contributed by atoms with van der Waals surface area (Å²) in [7, 11) is 0. The number of fused-ring (bicyclic) bond motifs is 1. The Bertz CT molecular complexity index is 295. The van der Waals surface area contributed by atoms with E-state index in [0.29, 0.717) is 12.1 Å². The van der Waals surface area contributed by atoms with Crippen LogP contribution in [0.25, 0.3) is 0 Å². The van der Waals surface area contributed by atoms with E-state index in [1.54, 1.807) is 0 Å². The Morgan fingerprint density at radius 2 is 2.17 bits per heavy atom. The first-order valence-electron chi connectivity index (χ1n) is 7.43. The van der Waals surface area contributed by atoms with Crippen molar-refractivity contribution in [2.45, 2.75) is 64.1 Å². The Balaban J connectivity index is 1.87. The Kier molecular flexibility index (Phi) is 4.62. The number of amides is 1. The fourth-order valence-electron chi connectivity index (χ4n) is 3.21. The van der Waals surface area contributed by atoms with E-state index in [0.717, 1.165) is 19.4 Å². The molecular formula is C14H27N3O. The minimum absolute atomic E-state index is 0.0433. The number of piperidine rings is 1. The number of nitrogens with two attached hydrogens (primary N) is 1. The van der Waals surface area contributed by atoms with Gasteiger partial charge in [-0.1, -0.05) is 26.7 Å². The van der Waals surface area contributed by atoms with Gasteiger partial charge < -0.3 is 11.1 Å².